The summed E-state index contributed by atoms with van der Waals surface area (Å²) in [5, 5.41) is 10.6. The normalized spacial score (nSPS) is 14.6. The Hall–Kier alpha value is -1.94. The molecule has 0 rings (SSSR count). The van der Waals surface area contributed by atoms with Crippen LogP contribution in [0.25, 0.3) is 0 Å². The highest BCUT2D eigenvalue weighted by Gasteiger charge is 2.30. The van der Waals surface area contributed by atoms with Crippen molar-refractivity contribution in [2.75, 3.05) is 39.6 Å². The van der Waals surface area contributed by atoms with Crippen LogP contribution in [0.4, 0.5) is 0 Å². The van der Waals surface area contributed by atoms with Crippen molar-refractivity contribution in [2.24, 2.45) is 23.7 Å². The second-order valence-corrected chi connectivity index (χ2v) is 32.4. The van der Waals surface area contributed by atoms with E-state index in [1.165, 1.54) is 186 Å². The summed E-state index contributed by atoms with van der Waals surface area (Å²) in [6.45, 7) is 14.2. The summed E-state index contributed by atoms with van der Waals surface area (Å²) in [4.78, 5) is 72.8. The minimum atomic E-state index is -4.96. The summed E-state index contributed by atoms with van der Waals surface area (Å²) < 4.78 is 68.6. The summed E-state index contributed by atoms with van der Waals surface area (Å²) in [6, 6.07) is 0. The first kappa shape index (κ1) is 95.1. The van der Waals surface area contributed by atoms with E-state index in [0.29, 0.717) is 25.7 Å². The number of carbonyl (C=O) groups is 4. The van der Waals surface area contributed by atoms with Gasteiger partial charge in [0, 0.05) is 25.7 Å². The lowest BCUT2D eigenvalue weighted by molar-refractivity contribution is -0.161. The molecule has 0 fully saturated rings. The molecule has 0 aromatic carbocycles. The lowest BCUT2D eigenvalue weighted by Gasteiger charge is -2.21. The van der Waals surface area contributed by atoms with Gasteiger partial charge in [-0.15, -0.1) is 0 Å². The van der Waals surface area contributed by atoms with Crippen LogP contribution in [-0.4, -0.2) is 96.7 Å². The van der Waals surface area contributed by atoms with Gasteiger partial charge in [-0.25, -0.2) is 9.13 Å². The molecule has 576 valence electrons. The molecule has 3 N–H and O–H groups in total. The molecule has 0 aromatic heterocycles. The number of phosphoric acid groups is 2. The Morgan fingerprint density at radius 1 is 0.289 bits per heavy atom. The van der Waals surface area contributed by atoms with Gasteiger partial charge in [0.2, 0.25) is 0 Å². The van der Waals surface area contributed by atoms with Crippen molar-refractivity contribution in [1.29, 1.82) is 0 Å². The van der Waals surface area contributed by atoms with Crippen molar-refractivity contribution in [3.05, 3.63) is 0 Å². The number of ether oxygens (including phenoxy) is 4. The molecule has 0 aromatic rings. The molecule has 97 heavy (non-hydrogen) atoms. The first-order valence-corrected chi connectivity index (χ1v) is 43.3. The number of aliphatic hydroxyl groups is 1. The molecular formula is C78H152O17P2. The topological polar surface area (TPSA) is 237 Å². The first-order valence-electron chi connectivity index (χ1n) is 40.3. The van der Waals surface area contributed by atoms with Crippen LogP contribution in [0.3, 0.4) is 0 Å². The fraction of sp³-hybridized carbons (Fsp3) is 0.949. The summed E-state index contributed by atoms with van der Waals surface area (Å²) >= 11 is 0. The average molecular weight is 1420 g/mol. The first-order chi connectivity index (χ1) is 46.7. The minimum Gasteiger partial charge on any atom is -0.462 e. The molecule has 0 amide bonds. The average Bonchev–Trinajstić information content (AvgIpc) is 1.17. The number of carbonyl (C=O) groups excluding carboxylic acids is 4. The highest BCUT2D eigenvalue weighted by atomic mass is 31.2. The highest BCUT2D eigenvalue weighted by molar-refractivity contribution is 7.47. The number of hydrogen-bond donors (Lipinski definition) is 3. The van der Waals surface area contributed by atoms with Crippen molar-refractivity contribution in [2.45, 2.75) is 414 Å². The molecule has 7 atom stereocenters. The predicted molar refractivity (Wildman–Crippen MR) is 395 cm³/mol. The fourth-order valence-electron chi connectivity index (χ4n) is 11.8. The van der Waals surface area contributed by atoms with Crippen molar-refractivity contribution in [1.82, 2.24) is 0 Å². The van der Waals surface area contributed by atoms with Gasteiger partial charge in [-0.2, -0.15) is 0 Å². The lowest BCUT2D eigenvalue weighted by Crippen LogP contribution is -2.30. The van der Waals surface area contributed by atoms with Crippen LogP contribution in [0, 0.1) is 23.7 Å². The molecule has 0 spiro atoms. The van der Waals surface area contributed by atoms with Gasteiger partial charge in [0.1, 0.15) is 19.3 Å². The van der Waals surface area contributed by atoms with Crippen LogP contribution >= 0.6 is 15.6 Å². The van der Waals surface area contributed by atoms with Gasteiger partial charge >= 0.3 is 39.5 Å². The van der Waals surface area contributed by atoms with Gasteiger partial charge in [-0.05, 0) is 49.4 Å². The van der Waals surface area contributed by atoms with Gasteiger partial charge in [0.25, 0.3) is 0 Å². The van der Waals surface area contributed by atoms with E-state index in [-0.39, 0.29) is 25.7 Å². The third kappa shape index (κ3) is 69.5. The van der Waals surface area contributed by atoms with Crippen LogP contribution in [0.5, 0.6) is 0 Å². The van der Waals surface area contributed by atoms with E-state index in [0.717, 1.165) is 126 Å². The highest BCUT2D eigenvalue weighted by Crippen LogP contribution is 2.45. The molecule has 0 aliphatic carbocycles. The van der Waals surface area contributed by atoms with E-state index in [2.05, 4.69) is 55.4 Å². The summed E-state index contributed by atoms with van der Waals surface area (Å²) in [7, 11) is -9.92. The Bertz CT molecular complexity index is 1910. The largest absolute Gasteiger partial charge is 0.472 e. The third-order valence-electron chi connectivity index (χ3n) is 18.8. The quantitative estimate of drug-likeness (QED) is 0.0222. The van der Waals surface area contributed by atoms with E-state index in [9.17, 15) is 43.2 Å². The monoisotopic (exact) mass is 1420 g/mol. The number of phosphoric ester groups is 2. The predicted octanol–water partition coefficient (Wildman–Crippen LogP) is 22.8. The molecular weight excluding hydrogens is 1270 g/mol. The molecule has 0 aliphatic heterocycles. The molecule has 0 bridgehead atoms. The number of hydrogen-bond acceptors (Lipinski definition) is 15. The summed E-state index contributed by atoms with van der Waals surface area (Å²) in [6.07, 6.45) is 52.8. The summed E-state index contributed by atoms with van der Waals surface area (Å²) in [5.74, 6) is 0.953. The van der Waals surface area contributed by atoms with Crippen molar-refractivity contribution >= 4 is 39.5 Å². The molecule has 0 saturated carbocycles. The number of aliphatic hydroxyl groups excluding tert-OH is 1. The maximum Gasteiger partial charge on any atom is 0.472 e. The number of esters is 4. The van der Waals surface area contributed by atoms with E-state index < -0.39 is 97.5 Å². The third-order valence-corrected chi connectivity index (χ3v) is 20.7. The van der Waals surface area contributed by atoms with Crippen LogP contribution < -0.4 is 0 Å². The zero-order chi connectivity index (χ0) is 71.7. The molecule has 4 unspecified atom stereocenters. The zero-order valence-corrected chi connectivity index (χ0v) is 65.5. The smallest absolute Gasteiger partial charge is 0.462 e. The van der Waals surface area contributed by atoms with Gasteiger partial charge in [-0.1, -0.05) is 344 Å². The fourth-order valence-corrected chi connectivity index (χ4v) is 13.4. The molecule has 0 radical (unpaired) electrons. The maximum atomic E-state index is 13.1. The van der Waals surface area contributed by atoms with Crippen LogP contribution in [-0.2, 0) is 65.4 Å². The Morgan fingerprint density at radius 2 is 0.495 bits per heavy atom. The molecule has 0 heterocycles. The zero-order valence-electron chi connectivity index (χ0n) is 63.7. The van der Waals surface area contributed by atoms with Gasteiger partial charge in [-0.3, -0.25) is 37.3 Å². The molecule has 0 saturated heterocycles. The van der Waals surface area contributed by atoms with Gasteiger partial charge < -0.3 is 33.8 Å². The molecule has 17 nitrogen and oxygen atoms in total. The molecule has 19 heteroatoms. The Balaban J connectivity index is 5.20. The van der Waals surface area contributed by atoms with Crippen molar-refractivity contribution in [3.63, 3.8) is 0 Å². The second kappa shape index (κ2) is 67.2. The van der Waals surface area contributed by atoms with E-state index in [4.69, 9.17) is 37.0 Å². The Labute approximate surface area is 594 Å². The Morgan fingerprint density at radius 3 is 0.732 bits per heavy atom. The van der Waals surface area contributed by atoms with E-state index >= 15 is 0 Å². The molecule has 0 aliphatic rings. The standard InChI is InChI=1S/C78H152O17P2/c1-9-70(7)56-48-40-34-36-42-50-58-75(80)88-64-73(94-77(82)60-52-44-32-28-24-20-16-12-11-14-18-22-26-30-38-46-54-68(3)4)66-92-96(84,85)90-62-72(79)63-91-97(86,87)93-67-74(65-89-76(81)59-51-43-37-35-41-49-57-71(8)10-2)95-78(83)61-53-45-33-29-25-21-17-13-15-19-23-27-31-39-47-55-69(5)6/h68-74,79H,9-67H2,1-8H3,(H,84,85)(H,86,87)/t70?,71?,72-,73-,74-/m1/s1. The van der Waals surface area contributed by atoms with E-state index in [1.807, 2.05) is 0 Å². The van der Waals surface area contributed by atoms with Crippen LogP contribution in [0.15, 0.2) is 0 Å². The second-order valence-electron chi connectivity index (χ2n) is 29.5. The SMILES string of the molecule is CCC(C)CCCCCCCCC(=O)OC[C@H](COP(=O)(O)OC[C@@H](O)COP(=O)(O)OC[C@@H](COC(=O)CCCCCCCCC(C)CC)OC(=O)CCCCCCCCCCCCCCCCCC(C)C)OC(=O)CCCCCCCCCCCCCCCCCCC(C)C. The van der Waals surface area contributed by atoms with Gasteiger partial charge in [0.05, 0.1) is 26.4 Å². The van der Waals surface area contributed by atoms with Gasteiger partial charge in [0.15, 0.2) is 12.2 Å². The van der Waals surface area contributed by atoms with Crippen LogP contribution in [0.2, 0.25) is 0 Å². The van der Waals surface area contributed by atoms with Crippen LogP contribution in [0.1, 0.15) is 396 Å². The summed E-state index contributed by atoms with van der Waals surface area (Å²) in [5.41, 5.74) is 0. The van der Waals surface area contributed by atoms with Crippen molar-refractivity contribution in [3.8, 4) is 0 Å². The number of rotatable bonds is 75. The van der Waals surface area contributed by atoms with Crippen molar-refractivity contribution < 1.29 is 80.2 Å². The number of unbranched alkanes of at least 4 members (excludes halogenated alkanes) is 39. The van der Waals surface area contributed by atoms with E-state index in [1.54, 1.807) is 0 Å². The maximum absolute atomic E-state index is 13.1. The Kier molecular flexibility index (Phi) is 65.9. The lowest BCUT2D eigenvalue weighted by atomic mass is 10.00. The minimum absolute atomic E-state index is 0.106.